The maximum absolute atomic E-state index is 3.56. The van der Waals surface area contributed by atoms with Crippen molar-refractivity contribution in [1.29, 1.82) is 0 Å². The monoisotopic (exact) mass is 275 g/mol. The van der Waals surface area contributed by atoms with Crippen molar-refractivity contribution >= 4 is 27.3 Å². The van der Waals surface area contributed by atoms with Gasteiger partial charge in [-0.25, -0.2) is 0 Å². The molecule has 3 heteroatoms. The molecule has 0 aliphatic rings. The van der Waals surface area contributed by atoms with Crippen LogP contribution in [0, 0.1) is 5.92 Å². The van der Waals surface area contributed by atoms with Crippen molar-refractivity contribution in [2.75, 3.05) is 18.9 Å². The lowest BCUT2D eigenvalue weighted by molar-refractivity contribution is 0.280. The number of rotatable bonds is 6. The van der Waals surface area contributed by atoms with E-state index in [2.05, 4.69) is 52.3 Å². The lowest BCUT2D eigenvalue weighted by atomic mass is 10.1. The second-order valence-corrected chi connectivity index (χ2v) is 5.38. The Morgan fingerprint density at radius 3 is 2.86 bits per heavy atom. The molecular formula is C11H18BrNS. The summed E-state index contributed by atoms with van der Waals surface area (Å²) in [6.45, 7) is 4.52. The van der Waals surface area contributed by atoms with Gasteiger partial charge in [0, 0.05) is 23.3 Å². The van der Waals surface area contributed by atoms with Gasteiger partial charge >= 0.3 is 0 Å². The van der Waals surface area contributed by atoms with E-state index in [4.69, 9.17) is 0 Å². The second kappa shape index (κ2) is 6.59. The summed E-state index contributed by atoms with van der Waals surface area (Å²) >= 11 is 5.40. The molecule has 1 aromatic heterocycles. The molecule has 0 N–H and O–H groups in total. The summed E-state index contributed by atoms with van der Waals surface area (Å²) in [5.74, 6) is 0.778. The minimum absolute atomic E-state index is 0.778. The van der Waals surface area contributed by atoms with Crippen LogP contribution in [0.4, 0.5) is 0 Å². The van der Waals surface area contributed by atoms with E-state index in [-0.39, 0.29) is 0 Å². The van der Waals surface area contributed by atoms with Crippen LogP contribution < -0.4 is 0 Å². The molecule has 0 spiro atoms. The second-order valence-electron chi connectivity index (χ2n) is 3.70. The number of hydrogen-bond donors (Lipinski definition) is 0. The van der Waals surface area contributed by atoms with Crippen LogP contribution in [0.1, 0.15) is 18.2 Å². The summed E-state index contributed by atoms with van der Waals surface area (Å²) < 4.78 is 0. The Labute approximate surface area is 99.3 Å². The van der Waals surface area contributed by atoms with Crippen molar-refractivity contribution in [1.82, 2.24) is 4.90 Å². The van der Waals surface area contributed by atoms with Crippen molar-refractivity contribution in [3.05, 3.63) is 22.4 Å². The molecule has 1 atom stereocenters. The van der Waals surface area contributed by atoms with Crippen LogP contribution >= 0.6 is 27.3 Å². The van der Waals surface area contributed by atoms with Crippen LogP contribution in [0.25, 0.3) is 0 Å². The van der Waals surface area contributed by atoms with Gasteiger partial charge in [0.1, 0.15) is 0 Å². The molecular weight excluding hydrogens is 258 g/mol. The summed E-state index contributed by atoms with van der Waals surface area (Å²) in [4.78, 5) is 3.86. The van der Waals surface area contributed by atoms with E-state index in [1.165, 1.54) is 17.8 Å². The molecule has 1 aromatic rings. The highest BCUT2D eigenvalue weighted by atomic mass is 79.9. The van der Waals surface area contributed by atoms with Crippen molar-refractivity contribution < 1.29 is 0 Å². The van der Waals surface area contributed by atoms with Gasteiger partial charge < -0.3 is 4.90 Å². The summed E-state index contributed by atoms with van der Waals surface area (Å²) in [5.41, 5.74) is 0. The average Bonchev–Trinajstić information content (AvgIpc) is 2.66. The van der Waals surface area contributed by atoms with Crippen molar-refractivity contribution in [2.24, 2.45) is 5.92 Å². The van der Waals surface area contributed by atoms with Gasteiger partial charge in [-0.2, -0.15) is 0 Å². The third-order valence-electron chi connectivity index (χ3n) is 2.37. The molecule has 0 fully saturated rings. The first kappa shape index (κ1) is 12.2. The van der Waals surface area contributed by atoms with Crippen LogP contribution in [0.5, 0.6) is 0 Å². The van der Waals surface area contributed by atoms with Crippen LogP contribution in [0.15, 0.2) is 17.5 Å². The smallest absolute Gasteiger partial charge is 0.0324 e. The predicted octanol–water partition coefficient (Wildman–Crippen LogP) is 3.60. The average molecular weight is 276 g/mol. The van der Waals surface area contributed by atoms with Gasteiger partial charge in [-0.1, -0.05) is 35.3 Å². The molecule has 0 saturated heterocycles. The Morgan fingerprint density at radius 1 is 1.57 bits per heavy atom. The Kier molecular flexibility index (Phi) is 5.75. The van der Waals surface area contributed by atoms with Gasteiger partial charge in [-0.15, -0.1) is 11.3 Å². The van der Waals surface area contributed by atoms with Gasteiger partial charge in [0.15, 0.2) is 0 Å². The van der Waals surface area contributed by atoms with Crippen LogP contribution in [-0.4, -0.2) is 23.8 Å². The molecule has 0 aliphatic heterocycles. The quantitative estimate of drug-likeness (QED) is 0.718. The van der Waals surface area contributed by atoms with E-state index < -0.39 is 0 Å². The van der Waals surface area contributed by atoms with Crippen molar-refractivity contribution in [3.63, 3.8) is 0 Å². The van der Waals surface area contributed by atoms with Crippen LogP contribution in [0.2, 0.25) is 0 Å². The zero-order chi connectivity index (χ0) is 10.4. The molecule has 1 nitrogen and oxygen atoms in total. The third kappa shape index (κ3) is 4.11. The highest BCUT2D eigenvalue weighted by molar-refractivity contribution is 9.09. The summed E-state index contributed by atoms with van der Waals surface area (Å²) in [6.07, 6.45) is 1.25. The van der Waals surface area contributed by atoms with Gasteiger partial charge in [0.05, 0.1) is 0 Å². The molecule has 1 heterocycles. The first-order valence-corrected chi connectivity index (χ1v) is 7.03. The fourth-order valence-corrected chi connectivity index (χ4v) is 2.91. The summed E-state index contributed by atoms with van der Waals surface area (Å²) in [5, 5.41) is 3.25. The first-order valence-electron chi connectivity index (χ1n) is 5.03. The predicted molar refractivity (Wildman–Crippen MR) is 68.2 cm³/mol. The first-order chi connectivity index (χ1) is 6.76. The Balaban J connectivity index is 2.31. The molecule has 1 unspecified atom stereocenters. The van der Waals surface area contributed by atoms with Gasteiger partial charge in [-0.05, 0) is 24.4 Å². The number of halogens is 1. The number of hydrogen-bond acceptors (Lipinski definition) is 2. The normalized spacial score (nSPS) is 13.4. The molecule has 0 saturated carbocycles. The fraction of sp³-hybridized carbons (Fsp3) is 0.636. The lowest BCUT2D eigenvalue weighted by Gasteiger charge is -2.20. The summed E-state index contributed by atoms with van der Waals surface area (Å²) in [6, 6.07) is 4.33. The largest absolute Gasteiger partial charge is 0.301 e. The Bertz CT molecular complexity index is 231. The number of alkyl halides is 1. The van der Waals surface area contributed by atoms with E-state index in [0.717, 1.165) is 17.8 Å². The topological polar surface area (TPSA) is 3.24 Å². The minimum atomic E-state index is 0.778. The Morgan fingerprint density at radius 2 is 2.36 bits per heavy atom. The van der Waals surface area contributed by atoms with E-state index in [9.17, 15) is 0 Å². The molecule has 1 rings (SSSR count). The third-order valence-corrected chi connectivity index (χ3v) is 4.15. The van der Waals surface area contributed by atoms with Crippen LogP contribution in [-0.2, 0) is 6.54 Å². The number of thiophene rings is 1. The molecule has 14 heavy (non-hydrogen) atoms. The highest BCUT2D eigenvalue weighted by Gasteiger charge is 2.08. The van der Waals surface area contributed by atoms with E-state index in [1.54, 1.807) is 0 Å². The molecule has 0 aliphatic carbocycles. The summed E-state index contributed by atoms with van der Waals surface area (Å²) in [7, 11) is 2.20. The van der Waals surface area contributed by atoms with Crippen molar-refractivity contribution in [2.45, 2.75) is 19.9 Å². The van der Waals surface area contributed by atoms with Gasteiger partial charge in [0.2, 0.25) is 0 Å². The molecule has 0 radical (unpaired) electrons. The molecule has 80 valence electrons. The lowest BCUT2D eigenvalue weighted by Crippen LogP contribution is -2.25. The van der Waals surface area contributed by atoms with E-state index in [0.29, 0.717) is 0 Å². The zero-order valence-electron chi connectivity index (χ0n) is 8.87. The number of nitrogens with zero attached hydrogens (tertiary/aromatic N) is 1. The van der Waals surface area contributed by atoms with E-state index >= 15 is 0 Å². The fourth-order valence-electron chi connectivity index (χ4n) is 1.46. The zero-order valence-corrected chi connectivity index (χ0v) is 11.3. The van der Waals surface area contributed by atoms with Crippen LogP contribution in [0.3, 0.4) is 0 Å². The minimum Gasteiger partial charge on any atom is -0.301 e. The molecule has 0 aromatic carbocycles. The highest BCUT2D eigenvalue weighted by Crippen LogP contribution is 2.13. The standard InChI is InChI=1S/C11H18BrNS/c1-3-10(7-12)8-13(2)9-11-5-4-6-14-11/h4-6,10H,3,7-9H2,1-2H3. The Hall–Kier alpha value is 0.140. The maximum atomic E-state index is 3.56. The maximum Gasteiger partial charge on any atom is 0.0324 e. The van der Waals surface area contributed by atoms with Gasteiger partial charge in [0.25, 0.3) is 0 Å². The van der Waals surface area contributed by atoms with Crippen molar-refractivity contribution in [3.8, 4) is 0 Å². The van der Waals surface area contributed by atoms with E-state index in [1.807, 2.05) is 11.3 Å². The van der Waals surface area contributed by atoms with Gasteiger partial charge in [-0.3, -0.25) is 0 Å². The molecule has 0 amide bonds. The SMILES string of the molecule is CCC(CBr)CN(C)Cc1cccs1. The molecule has 0 bridgehead atoms.